The lowest BCUT2D eigenvalue weighted by molar-refractivity contribution is 0.807. The van der Waals surface area contributed by atoms with E-state index < -0.39 is 0 Å². The van der Waals surface area contributed by atoms with Crippen molar-refractivity contribution in [3.63, 3.8) is 0 Å². The molecular weight excluding hydrogens is 210 g/mol. The van der Waals surface area contributed by atoms with E-state index in [9.17, 15) is 0 Å². The molecule has 15 heavy (non-hydrogen) atoms. The molecule has 2 rings (SSSR count). The van der Waals surface area contributed by atoms with E-state index in [0.717, 1.165) is 17.9 Å². The fourth-order valence-corrected chi connectivity index (χ4v) is 2.06. The zero-order chi connectivity index (χ0) is 10.8. The predicted octanol–water partition coefficient (Wildman–Crippen LogP) is 2.18. The standard InChI is InChI=1S/C11H16ClN3/c1-2-15(9-3-4-9)11-10(12)5-8(6-13)7-14-11/h5,7,9H,2-4,6,13H2,1H3. The molecule has 0 spiro atoms. The van der Waals surface area contributed by atoms with Gasteiger partial charge in [0, 0.05) is 25.3 Å². The minimum Gasteiger partial charge on any atom is -0.353 e. The van der Waals surface area contributed by atoms with Gasteiger partial charge in [0.25, 0.3) is 0 Å². The van der Waals surface area contributed by atoms with Crippen LogP contribution in [0.5, 0.6) is 0 Å². The van der Waals surface area contributed by atoms with Crippen molar-refractivity contribution in [2.45, 2.75) is 32.4 Å². The molecule has 0 aliphatic heterocycles. The molecule has 0 unspecified atom stereocenters. The molecule has 0 aromatic carbocycles. The second-order valence-electron chi connectivity index (χ2n) is 3.87. The van der Waals surface area contributed by atoms with Gasteiger partial charge < -0.3 is 10.6 Å². The van der Waals surface area contributed by atoms with Crippen LogP contribution in [0.1, 0.15) is 25.3 Å². The summed E-state index contributed by atoms with van der Waals surface area (Å²) in [4.78, 5) is 6.66. The van der Waals surface area contributed by atoms with Crippen LogP contribution in [0, 0.1) is 0 Å². The molecule has 1 aromatic heterocycles. The monoisotopic (exact) mass is 225 g/mol. The Morgan fingerprint density at radius 3 is 2.80 bits per heavy atom. The molecule has 1 aromatic rings. The number of hydrogen-bond acceptors (Lipinski definition) is 3. The first-order valence-electron chi connectivity index (χ1n) is 5.37. The third kappa shape index (κ3) is 2.24. The summed E-state index contributed by atoms with van der Waals surface area (Å²) in [6, 6.07) is 2.55. The summed E-state index contributed by atoms with van der Waals surface area (Å²) in [5, 5.41) is 0.715. The predicted molar refractivity (Wildman–Crippen MR) is 63.2 cm³/mol. The Labute approximate surface area is 95.2 Å². The molecular formula is C11H16ClN3. The molecule has 1 heterocycles. The first-order chi connectivity index (χ1) is 7.26. The molecule has 4 heteroatoms. The molecule has 1 saturated carbocycles. The average molecular weight is 226 g/mol. The van der Waals surface area contributed by atoms with Crippen LogP contribution in [0.2, 0.25) is 5.02 Å². The molecule has 0 radical (unpaired) electrons. The van der Waals surface area contributed by atoms with Gasteiger partial charge in [-0.1, -0.05) is 11.6 Å². The summed E-state index contributed by atoms with van der Waals surface area (Å²) in [7, 11) is 0. The summed E-state index contributed by atoms with van der Waals surface area (Å²) in [5.41, 5.74) is 6.52. The van der Waals surface area contributed by atoms with Gasteiger partial charge in [-0.25, -0.2) is 4.98 Å². The maximum Gasteiger partial charge on any atom is 0.147 e. The number of nitrogens with two attached hydrogens (primary N) is 1. The molecule has 2 N–H and O–H groups in total. The van der Waals surface area contributed by atoms with E-state index in [1.165, 1.54) is 12.8 Å². The van der Waals surface area contributed by atoms with Crippen molar-refractivity contribution in [2.24, 2.45) is 5.73 Å². The van der Waals surface area contributed by atoms with Gasteiger partial charge in [0.05, 0.1) is 5.02 Å². The number of nitrogens with zero attached hydrogens (tertiary/aromatic N) is 2. The molecule has 3 nitrogen and oxygen atoms in total. The van der Waals surface area contributed by atoms with Gasteiger partial charge in [-0.05, 0) is 31.4 Å². The third-order valence-corrected chi connectivity index (χ3v) is 2.99. The summed E-state index contributed by atoms with van der Waals surface area (Å²) >= 11 is 6.19. The Morgan fingerprint density at radius 1 is 1.60 bits per heavy atom. The second kappa shape index (κ2) is 4.37. The van der Waals surface area contributed by atoms with Gasteiger partial charge in [0.15, 0.2) is 0 Å². The molecule has 1 aliphatic rings. The maximum atomic E-state index is 6.19. The molecule has 0 saturated heterocycles. The molecule has 82 valence electrons. The van der Waals surface area contributed by atoms with E-state index >= 15 is 0 Å². The Bertz CT molecular complexity index is 350. The molecule has 0 bridgehead atoms. The highest BCUT2D eigenvalue weighted by molar-refractivity contribution is 6.33. The van der Waals surface area contributed by atoms with Gasteiger partial charge in [0.1, 0.15) is 5.82 Å². The van der Waals surface area contributed by atoms with Crippen LogP contribution in [-0.4, -0.2) is 17.6 Å². The maximum absolute atomic E-state index is 6.19. The Hall–Kier alpha value is -0.800. The first kappa shape index (κ1) is 10.7. The smallest absolute Gasteiger partial charge is 0.147 e. The number of pyridine rings is 1. The first-order valence-corrected chi connectivity index (χ1v) is 5.75. The van der Waals surface area contributed by atoms with Crippen LogP contribution in [0.4, 0.5) is 5.82 Å². The largest absolute Gasteiger partial charge is 0.353 e. The molecule has 1 fully saturated rings. The van der Waals surface area contributed by atoms with Gasteiger partial charge in [-0.2, -0.15) is 0 Å². The molecule has 0 atom stereocenters. The van der Waals surface area contributed by atoms with Crippen LogP contribution in [-0.2, 0) is 6.54 Å². The van der Waals surface area contributed by atoms with Crippen molar-refractivity contribution in [3.8, 4) is 0 Å². The number of aromatic nitrogens is 1. The SMILES string of the molecule is CCN(c1ncc(CN)cc1Cl)C1CC1. The Kier molecular flexibility index (Phi) is 3.12. The van der Waals surface area contributed by atoms with Crippen molar-refractivity contribution in [3.05, 3.63) is 22.8 Å². The lowest BCUT2D eigenvalue weighted by Gasteiger charge is -2.22. The normalized spacial score (nSPS) is 15.4. The van der Waals surface area contributed by atoms with E-state index in [1.54, 1.807) is 0 Å². The number of rotatable bonds is 4. The minimum atomic E-state index is 0.489. The van der Waals surface area contributed by atoms with Gasteiger partial charge in [-0.15, -0.1) is 0 Å². The highest BCUT2D eigenvalue weighted by Crippen LogP contribution is 2.34. The molecule has 0 amide bonds. The Balaban J connectivity index is 2.26. The van der Waals surface area contributed by atoms with Crippen LogP contribution in [0.25, 0.3) is 0 Å². The van der Waals surface area contributed by atoms with Gasteiger partial charge in [-0.3, -0.25) is 0 Å². The lowest BCUT2D eigenvalue weighted by Crippen LogP contribution is -2.26. The fraction of sp³-hybridized carbons (Fsp3) is 0.545. The average Bonchev–Trinajstić information content (AvgIpc) is 3.05. The van der Waals surface area contributed by atoms with Gasteiger partial charge >= 0.3 is 0 Å². The van der Waals surface area contributed by atoms with Crippen molar-refractivity contribution in [2.75, 3.05) is 11.4 Å². The highest BCUT2D eigenvalue weighted by atomic mass is 35.5. The van der Waals surface area contributed by atoms with Gasteiger partial charge in [0.2, 0.25) is 0 Å². The van der Waals surface area contributed by atoms with E-state index in [4.69, 9.17) is 17.3 Å². The van der Waals surface area contributed by atoms with Crippen molar-refractivity contribution < 1.29 is 0 Å². The lowest BCUT2D eigenvalue weighted by atomic mass is 10.3. The number of anilines is 1. The zero-order valence-corrected chi connectivity index (χ0v) is 9.67. The third-order valence-electron chi connectivity index (χ3n) is 2.71. The van der Waals surface area contributed by atoms with Crippen LogP contribution in [0.3, 0.4) is 0 Å². The number of hydrogen-bond donors (Lipinski definition) is 1. The highest BCUT2D eigenvalue weighted by Gasteiger charge is 2.29. The van der Waals surface area contributed by atoms with Crippen molar-refractivity contribution in [1.29, 1.82) is 0 Å². The van der Waals surface area contributed by atoms with E-state index in [1.807, 2.05) is 12.3 Å². The van der Waals surface area contributed by atoms with E-state index in [2.05, 4.69) is 16.8 Å². The topological polar surface area (TPSA) is 42.2 Å². The number of halogens is 1. The summed E-state index contributed by atoms with van der Waals surface area (Å²) < 4.78 is 0. The fourth-order valence-electron chi connectivity index (χ4n) is 1.76. The summed E-state index contributed by atoms with van der Waals surface area (Å²) in [5.74, 6) is 0.902. The second-order valence-corrected chi connectivity index (χ2v) is 4.28. The van der Waals surface area contributed by atoms with E-state index in [0.29, 0.717) is 17.6 Å². The van der Waals surface area contributed by atoms with Crippen LogP contribution in [0.15, 0.2) is 12.3 Å². The summed E-state index contributed by atoms with van der Waals surface area (Å²) in [6.45, 7) is 3.58. The summed E-state index contributed by atoms with van der Waals surface area (Å²) in [6.07, 6.45) is 4.32. The van der Waals surface area contributed by atoms with E-state index in [-0.39, 0.29) is 0 Å². The van der Waals surface area contributed by atoms with Crippen LogP contribution >= 0.6 is 11.6 Å². The van der Waals surface area contributed by atoms with Crippen molar-refractivity contribution >= 4 is 17.4 Å². The molecule has 1 aliphatic carbocycles. The van der Waals surface area contributed by atoms with Crippen LogP contribution < -0.4 is 10.6 Å². The Morgan fingerprint density at radius 2 is 2.33 bits per heavy atom. The zero-order valence-electron chi connectivity index (χ0n) is 8.91. The minimum absolute atomic E-state index is 0.489. The van der Waals surface area contributed by atoms with Crippen molar-refractivity contribution in [1.82, 2.24) is 4.98 Å². The quantitative estimate of drug-likeness (QED) is 0.854.